The number of guanidine groups is 1. The Kier molecular flexibility index (Phi) is 6.04. The highest BCUT2D eigenvalue weighted by Gasteiger charge is 2.02. The normalized spacial score (nSPS) is 11.4. The van der Waals surface area contributed by atoms with E-state index in [-0.39, 0.29) is 0 Å². The Balaban J connectivity index is 1.54. The summed E-state index contributed by atoms with van der Waals surface area (Å²) in [6.45, 7) is 4.38. The van der Waals surface area contributed by atoms with Crippen LogP contribution in [0.1, 0.15) is 22.3 Å². The summed E-state index contributed by atoms with van der Waals surface area (Å²) in [5, 5.41) is 11.0. The smallest absolute Gasteiger partial charge is 0.191 e. The summed E-state index contributed by atoms with van der Waals surface area (Å²) in [5.74, 6) is 0.797. The largest absolute Gasteiger partial charge is 0.352 e. The van der Waals surface area contributed by atoms with E-state index in [1.165, 1.54) is 22.3 Å². The first-order valence-corrected chi connectivity index (χ1v) is 8.79. The van der Waals surface area contributed by atoms with Crippen molar-refractivity contribution in [1.82, 2.24) is 20.4 Å². The molecule has 3 aromatic rings. The zero-order chi connectivity index (χ0) is 18.2. The first-order valence-electron chi connectivity index (χ1n) is 8.79. The third kappa shape index (κ3) is 4.96. The van der Waals surface area contributed by atoms with Crippen molar-refractivity contribution in [2.24, 2.45) is 4.99 Å². The maximum atomic E-state index is 4.31. The van der Waals surface area contributed by atoms with Gasteiger partial charge in [-0.3, -0.25) is 9.67 Å². The second-order valence-electron chi connectivity index (χ2n) is 6.23. The molecule has 3 rings (SSSR count). The first kappa shape index (κ1) is 17.7. The van der Waals surface area contributed by atoms with Crippen LogP contribution in [0.15, 0.2) is 72.0 Å². The van der Waals surface area contributed by atoms with Gasteiger partial charge in [-0.25, -0.2) is 0 Å². The standard InChI is InChI=1S/C21H25N5/c1-17-7-3-4-10-20(17)15-24-21(22-2)23-14-18-8-5-9-19(13-18)16-26-12-6-11-25-26/h3-13H,14-16H2,1-2H3,(H2,22,23,24). The average molecular weight is 347 g/mol. The molecule has 5 nitrogen and oxygen atoms in total. The summed E-state index contributed by atoms with van der Waals surface area (Å²) < 4.78 is 1.93. The Morgan fingerprint density at radius 2 is 1.81 bits per heavy atom. The molecule has 1 aromatic heterocycles. The number of hydrogen-bond acceptors (Lipinski definition) is 2. The Morgan fingerprint density at radius 1 is 1.00 bits per heavy atom. The maximum Gasteiger partial charge on any atom is 0.191 e. The lowest BCUT2D eigenvalue weighted by molar-refractivity contribution is 0.685. The van der Waals surface area contributed by atoms with Gasteiger partial charge in [0.1, 0.15) is 0 Å². The van der Waals surface area contributed by atoms with Crippen molar-refractivity contribution in [2.75, 3.05) is 7.05 Å². The number of nitrogens with one attached hydrogen (secondary N) is 2. The molecule has 0 aliphatic rings. The van der Waals surface area contributed by atoms with Crippen molar-refractivity contribution in [1.29, 1.82) is 0 Å². The lowest BCUT2D eigenvalue weighted by Gasteiger charge is -2.13. The molecule has 0 spiro atoms. The Labute approximate surface area is 154 Å². The zero-order valence-corrected chi connectivity index (χ0v) is 15.3. The lowest BCUT2D eigenvalue weighted by atomic mass is 10.1. The summed E-state index contributed by atoms with van der Waals surface area (Å²) in [4.78, 5) is 4.31. The van der Waals surface area contributed by atoms with Crippen molar-refractivity contribution < 1.29 is 0 Å². The quantitative estimate of drug-likeness (QED) is 0.532. The molecule has 0 amide bonds. The molecular formula is C21H25N5. The molecule has 5 heteroatoms. The predicted octanol–water partition coefficient (Wildman–Crippen LogP) is 3.11. The van der Waals surface area contributed by atoms with E-state index in [1.54, 1.807) is 13.2 Å². The third-order valence-corrected chi connectivity index (χ3v) is 4.29. The van der Waals surface area contributed by atoms with Crippen molar-refractivity contribution >= 4 is 5.96 Å². The van der Waals surface area contributed by atoms with E-state index < -0.39 is 0 Å². The highest BCUT2D eigenvalue weighted by atomic mass is 15.3. The Morgan fingerprint density at radius 3 is 2.58 bits per heavy atom. The van der Waals surface area contributed by atoms with Gasteiger partial charge in [-0.1, -0.05) is 48.5 Å². The second kappa shape index (κ2) is 8.85. The Bertz CT molecular complexity index is 852. The van der Waals surface area contributed by atoms with E-state index in [2.05, 4.69) is 76.2 Å². The van der Waals surface area contributed by atoms with Crippen molar-refractivity contribution in [2.45, 2.75) is 26.6 Å². The van der Waals surface area contributed by atoms with Crippen LogP contribution in [0.5, 0.6) is 0 Å². The van der Waals surface area contributed by atoms with Crippen LogP contribution in [0.2, 0.25) is 0 Å². The second-order valence-corrected chi connectivity index (χ2v) is 6.23. The summed E-state index contributed by atoms with van der Waals surface area (Å²) in [5.41, 5.74) is 5.00. The highest BCUT2D eigenvalue weighted by molar-refractivity contribution is 5.79. The summed E-state index contributed by atoms with van der Waals surface area (Å²) in [6.07, 6.45) is 3.78. The van der Waals surface area contributed by atoms with Crippen LogP contribution in [0.3, 0.4) is 0 Å². The van der Waals surface area contributed by atoms with E-state index in [0.717, 1.165) is 25.6 Å². The molecule has 0 aliphatic heterocycles. The molecule has 0 aliphatic carbocycles. The maximum absolute atomic E-state index is 4.31. The van der Waals surface area contributed by atoms with Crippen LogP contribution in [-0.4, -0.2) is 22.8 Å². The predicted molar refractivity (Wildman–Crippen MR) is 106 cm³/mol. The van der Waals surface area contributed by atoms with Crippen LogP contribution in [-0.2, 0) is 19.6 Å². The minimum atomic E-state index is 0.723. The van der Waals surface area contributed by atoms with Gasteiger partial charge in [0, 0.05) is 32.5 Å². The van der Waals surface area contributed by atoms with E-state index >= 15 is 0 Å². The fourth-order valence-electron chi connectivity index (χ4n) is 2.81. The summed E-state index contributed by atoms with van der Waals surface area (Å²) in [7, 11) is 1.79. The number of aliphatic imine (C=N–C) groups is 1. The molecule has 26 heavy (non-hydrogen) atoms. The SMILES string of the molecule is CN=C(NCc1cccc(Cn2cccn2)c1)NCc1ccccc1C. The lowest BCUT2D eigenvalue weighted by Crippen LogP contribution is -2.36. The fraction of sp³-hybridized carbons (Fsp3) is 0.238. The van der Waals surface area contributed by atoms with Gasteiger partial charge in [-0.05, 0) is 35.2 Å². The Hall–Kier alpha value is -3.08. The molecule has 0 bridgehead atoms. The number of aromatic nitrogens is 2. The third-order valence-electron chi connectivity index (χ3n) is 4.29. The van der Waals surface area contributed by atoms with Gasteiger partial charge in [-0.2, -0.15) is 5.10 Å². The molecule has 2 aromatic carbocycles. The summed E-state index contributed by atoms with van der Waals surface area (Å²) in [6, 6.07) is 18.8. The molecule has 134 valence electrons. The zero-order valence-electron chi connectivity index (χ0n) is 15.3. The van der Waals surface area contributed by atoms with Crippen molar-refractivity contribution in [3.8, 4) is 0 Å². The molecule has 0 fully saturated rings. The van der Waals surface area contributed by atoms with Crippen LogP contribution < -0.4 is 10.6 Å². The van der Waals surface area contributed by atoms with Crippen molar-refractivity contribution in [3.05, 3.63) is 89.2 Å². The molecule has 2 N–H and O–H groups in total. The molecule has 0 atom stereocenters. The molecular weight excluding hydrogens is 322 g/mol. The number of aryl methyl sites for hydroxylation is 1. The number of benzene rings is 2. The van der Waals surface area contributed by atoms with Gasteiger partial charge in [0.05, 0.1) is 6.54 Å². The number of nitrogens with zero attached hydrogens (tertiary/aromatic N) is 3. The van der Waals surface area contributed by atoms with Crippen LogP contribution in [0.4, 0.5) is 0 Å². The van der Waals surface area contributed by atoms with E-state index in [4.69, 9.17) is 0 Å². The molecule has 1 heterocycles. The van der Waals surface area contributed by atoms with Gasteiger partial charge in [-0.15, -0.1) is 0 Å². The summed E-state index contributed by atoms with van der Waals surface area (Å²) >= 11 is 0. The molecule has 0 saturated carbocycles. The fourth-order valence-corrected chi connectivity index (χ4v) is 2.81. The van der Waals surface area contributed by atoms with Gasteiger partial charge in [0.25, 0.3) is 0 Å². The minimum Gasteiger partial charge on any atom is -0.352 e. The van der Waals surface area contributed by atoms with Crippen LogP contribution >= 0.6 is 0 Å². The van der Waals surface area contributed by atoms with E-state index in [1.807, 2.05) is 16.9 Å². The minimum absolute atomic E-state index is 0.723. The molecule has 0 saturated heterocycles. The van der Waals surface area contributed by atoms with Crippen LogP contribution in [0, 0.1) is 6.92 Å². The van der Waals surface area contributed by atoms with Gasteiger partial charge in [0.2, 0.25) is 0 Å². The van der Waals surface area contributed by atoms with Gasteiger partial charge >= 0.3 is 0 Å². The number of rotatable bonds is 6. The highest BCUT2D eigenvalue weighted by Crippen LogP contribution is 2.08. The average Bonchev–Trinajstić information content (AvgIpc) is 3.16. The van der Waals surface area contributed by atoms with Crippen molar-refractivity contribution in [3.63, 3.8) is 0 Å². The van der Waals surface area contributed by atoms with Gasteiger partial charge in [0.15, 0.2) is 5.96 Å². The van der Waals surface area contributed by atoms with E-state index in [0.29, 0.717) is 0 Å². The van der Waals surface area contributed by atoms with E-state index in [9.17, 15) is 0 Å². The first-order chi connectivity index (χ1) is 12.7. The molecule has 0 radical (unpaired) electrons. The molecule has 0 unspecified atom stereocenters. The number of hydrogen-bond donors (Lipinski definition) is 2. The topological polar surface area (TPSA) is 54.2 Å². The monoisotopic (exact) mass is 347 g/mol. The van der Waals surface area contributed by atoms with Crippen LogP contribution in [0.25, 0.3) is 0 Å². The van der Waals surface area contributed by atoms with Gasteiger partial charge < -0.3 is 10.6 Å².